The highest BCUT2D eigenvalue weighted by Gasteiger charge is 2.51. The second-order valence-corrected chi connectivity index (χ2v) is 11.9. The largest absolute Gasteiger partial charge is 0.458 e. The molecule has 1 saturated carbocycles. The normalized spacial score (nSPS) is 24.9. The maximum Gasteiger partial charge on any atom is 0.405 e. The van der Waals surface area contributed by atoms with E-state index in [0.717, 1.165) is 54.2 Å². The Labute approximate surface area is 235 Å². The van der Waals surface area contributed by atoms with Crippen LogP contribution in [-0.4, -0.2) is 26.7 Å². The number of nitrogens with zero attached hydrogens (tertiary/aromatic N) is 2. The fourth-order valence-corrected chi connectivity index (χ4v) is 7.95. The number of pyridine rings is 2. The number of ether oxygens (including phenoxy) is 2. The van der Waals surface area contributed by atoms with Crippen LogP contribution in [0.1, 0.15) is 85.3 Å². The molecule has 9 nitrogen and oxygen atoms in total. The van der Waals surface area contributed by atoms with E-state index in [4.69, 9.17) is 20.2 Å². The quantitative estimate of drug-likeness (QED) is 0.355. The topological polar surface area (TPSA) is 134 Å². The highest BCUT2D eigenvalue weighted by Crippen LogP contribution is 2.54. The summed E-state index contributed by atoms with van der Waals surface area (Å²) in [5.74, 6) is -1.18. The molecule has 1 aromatic carbocycles. The zero-order chi connectivity index (χ0) is 28.8. The van der Waals surface area contributed by atoms with Gasteiger partial charge in [0.25, 0.3) is 5.56 Å². The predicted molar refractivity (Wildman–Crippen MR) is 146 cm³/mol. The lowest BCUT2D eigenvalue weighted by molar-refractivity contribution is -0.172. The van der Waals surface area contributed by atoms with Crippen molar-refractivity contribution in [2.45, 2.75) is 89.6 Å². The standard InChI is InChI=1S/C31H32FN3O6/c1-3-30(39)20-11-23-26-18(13-35(23)27(36)19(20)14-40-28(30)37)25-24-17(15(2)21(32)12-22(24)34-26)9-10-31(25,41-29(33)38)16-7-5-4-6-8-16/h11-12,16,39H,3-10,13-14H2,1-2H3,(H2,33,38)/t30-,31-/m0/s1. The molecule has 1 fully saturated rings. The Morgan fingerprint density at radius 2 is 1.98 bits per heavy atom. The number of benzene rings is 1. The average Bonchev–Trinajstić information content (AvgIpc) is 3.33. The number of carbonyl (C=O) groups is 2. The molecule has 0 spiro atoms. The first-order valence-corrected chi connectivity index (χ1v) is 14.4. The SMILES string of the molecule is CC[C@@]1(O)C(=O)OCc2c1cc1n(c2=O)Cc2c-1nc1cc(F)c(C)c3c1c2[C@@](OC(N)=O)(C1CCCCC1)CC3. The number of hydrogen-bond donors (Lipinski definition) is 2. The molecule has 214 valence electrons. The van der Waals surface area contributed by atoms with Crippen molar-refractivity contribution in [2.24, 2.45) is 11.7 Å². The average molecular weight is 562 g/mol. The van der Waals surface area contributed by atoms with Crippen LogP contribution in [0.25, 0.3) is 22.3 Å². The van der Waals surface area contributed by atoms with Gasteiger partial charge in [0.1, 0.15) is 18.0 Å². The fraction of sp³-hybridized carbons (Fsp3) is 0.484. The van der Waals surface area contributed by atoms with Crippen molar-refractivity contribution in [1.29, 1.82) is 0 Å². The van der Waals surface area contributed by atoms with Gasteiger partial charge in [0.05, 0.1) is 29.0 Å². The molecule has 3 aromatic rings. The first-order chi connectivity index (χ1) is 19.6. The third kappa shape index (κ3) is 3.43. The highest BCUT2D eigenvalue weighted by molar-refractivity contribution is 5.94. The molecule has 10 heteroatoms. The molecule has 7 rings (SSSR count). The number of halogens is 1. The molecule has 4 heterocycles. The molecule has 0 unspecified atom stereocenters. The van der Waals surface area contributed by atoms with Crippen molar-refractivity contribution < 1.29 is 28.6 Å². The summed E-state index contributed by atoms with van der Waals surface area (Å²) < 4.78 is 28.2. The molecule has 41 heavy (non-hydrogen) atoms. The molecule has 2 aliphatic carbocycles. The zero-order valence-corrected chi connectivity index (χ0v) is 23.1. The van der Waals surface area contributed by atoms with E-state index in [9.17, 15) is 19.5 Å². The summed E-state index contributed by atoms with van der Waals surface area (Å²) in [6, 6.07) is 3.04. The van der Waals surface area contributed by atoms with Crippen molar-refractivity contribution in [3.63, 3.8) is 0 Å². The second kappa shape index (κ2) is 8.85. The number of aryl methyl sites for hydroxylation is 1. The number of carbonyl (C=O) groups excluding carboxylic acids is 2. The smallest absolute Gasteiger partial charge is 0.405 e. The van der Waals surface area contributed by atoms with Gasteiger partial charge in [0.2, 0.25) is 0 Å². The first-order valence-electron chi connectivity index (χ1n) is 14.4. The molecular formula is C31H32FN3O6. The van der Waals surface area contributed by atoms with Crippen LogP contribution in [0.2, 0.25) is 0 Å². The van der Waals surface area contributed by atoms with Gasteiger partial charge >= 0.3 is 12.1 Å². The van der Waals surface area contributed by atoms with Crippen LogP contribution in [0.5, 0.6) is 0 Å². The summed E-state index contributed by atoms with van der Waals surface area (Å²) >= 11 is 0. The number of aliphatic hydroxyl groups is 1. The Morgan fingerprint density at radius 3 is 2.68 bits per heavy atom. The summed E-state index contributed by atoms with van der Waals surface area (Å²) in [5.41, 5.74) is 6.90. The summed E-state index contributed by atoms with van der Waals surface area (Å²) in [5, 5.41) is 12.0. The number of rotatable bonds is 3. The molecule has 0 saturated heterocycles. The summed E-state index contributed by atoms with van der Waals surface area (Å²) in [4.78, 5) is 43.9. The first kappa shape index (κ1) is 26.1. The van der Waals surface area contributed by atoms with Crippen molar-refractivity contribution >= 4 is 23.0 Å². The van der Waals surface area contributed by atoms with Gasteiger partial charge in [-0.25, -0.2) is 19.0 Å². The predicted octanol–water partition coefficient (Wildman–Crippen LogP) is 4.34. The van der Waals surface area contributed by atoms with Gasteiger partial charge in [-0.05, 0) is 56.2 Å². The van der Waals surface area contributed by atoms with Crippen molar-refractivity contribution in [3.05, 3.63) is 61.7 Å². The van der Waals surface area contributed by atoms with E-state index in [0.29, 0.717) is 35.3 Å². The lowest BCUT2D eigenvalue weighted by Crippen LogP contribution is -2.45. The minimum atomic E-state index is -1.96. The van der Waals surface area contributed by atoms with Crippen molar-refractivity contribution in [3.8, 4) is 11.4 Å². The van der Waals surface area contributed by atoms with E-state index in [1.165, 1.54) is 6.07 Å². The summed E-state index contributed by atoms with van der Waals surface area (Å²) in [7, 11) is 0. The van der Waals surface area contributed by atoms with Gasteiger partial charge in [0, 0.05) is 34.1 Å². The Bertz CT molecular complexity index is 1740. The number of hydrogen-bond acceptors (Lipinski definition) is 7. The van der Waals surface area contributed by atoms with Crippen molar-refractivity contribution in [1.82, 2.24) is 9.55 Å². The molecule has 4 aliphatic rings. The number of esters is 1. The molecule has 0 bridgehead atoms. The monoisotopic (exact) mass is 561 g/mol. The molecule has 3 N–H and O–H groups in total. The van der Waals surface area contributed by atoms with Gasteiger partial charge in [-0.2, -0.15) is 0 Å². The molecular weight excluding hydrogens is 529 g/mol. The molecule has 0 radical (unpaired) electrons. The highest BCUT2D eigenvalue weighted by atomic mass is 19.1. The van der Waals surface area contributed by atoms with Gasteiger partial charge in [-0.15, -0.1) is 0 Å². The molecule has 2 atom stereocenters. The Morgan fingerprint density at radius 1 is 1.22 bits per heavy atom. The minimum Gasteiger partial charge on any atom is -0.458 e. The molecule has 1 amide bonds. The maximum atomic E-state index is 15.3. The lowest BCUT2D eigenvalue weighted by atomic mass is 9.65. The third-order valence-corrected chi connectivity index (χ3v) is 10.0. The molecule has 2 aliphatic heterocycles. The molecule has 2 aromatic heterocycles. The Kier molecular flexibility index (Phi) is 5.64. The van der Waals surface area contributed by atoms with Crippen LogP contribution in [0.3, 0.4) is 0 Å². The van der Waals surface area contributed by atoms with Crippen LogP contribution in [0.15, 0.2) is 16.9 Å². The lowest BCUT2D eigenvalue weighted by Gasteiger charge is -2.46. The fourth-order valence-electron chi connectivity index (χ4n) is 7.95. The number of cyclic esters (lactones) is 1. The van der Waals surface area contributed by atoms with E-state index in [1.807, 2.05) is 0 Å². The van der Waals surface area contributed by atoms with Gasteiger partial charge < -0.3 is 24.9 Å². The number of fused-ring (bicyclic) bond motifs is 5. The van der Waals surface area contributed by atoms with E-state index >= 15 is 4.39 Å². The van der Waals surface area contributed by atoms with E-state index < -0.39 is 23.3 Å². The van der Waals surface area contributed by atoms with Crippen LogP contribution in [0, 0.1) is 18.7 Å². The summed E-state index contributed by atoms with van der Waals surface area (Å²) in [6.07, 6.45) is 4.90. The maximum absolute atomic E-state index is 15.3. The Hall–Kier alpha value is -3.79. The van der Waals surface area contributed by atoms with Gasteiger partial charge in [-0.1, -0.05) is 26.2 Å². The van der Waals surface area contributed by atoms with Crippen LogP contribution in [-0.2, 0) is 45.0 Å². The third-order valence-electron chi connectivity index (χ3n) is 10.0. The van der Waals surface area contributed by atoms with E-state index in [2.05, 4.69) is 0 Å². The van der Waals surface area contributed by atoms with Crippen molar-refractivity contribution in [2.75, 3.05) is 0 Å². The number of primary amides is 1. The van der Waals surface area contributed by atoms with E-state index in [-0.39, 0.29) is 48.0 Å². The summed E-state index contributed by atoms with van der Waals surface area (Å²) in [6.45, 7) is 3.32. The number of aromatic nitrogens is 2. The number of amides is 1. The van der Waals surface area contributed by atoms with E-state index in [1.54, 1.807) is 24.5 Å². The Balaban J connectivity index is 1.57. The van der Waals surface area contributed by atoms with Crippen LogP contribution >= 0.6 is 0 Å². The van der Waals surface area contributed by atoms with Crippen LogP contribution < -0.4 is 11.3 Å². The van der Waals surface area contributed by atoms with Gasteiger partial charge in [0.15, 0.2) is 5.60 Å². The number of nitrogens with two attached hydrogens (primary N) is 1. The van der Waals surface area contributed by atoms with Gasteiger partial charge in [-0.3, -0.25) is 4.79 Å². The minimum absolute atomic E-state index is 0.00167. The second-order valence-electron chi connectivity index (χ2n) is 11.9. The van der Waals surface area contributed by atoms with Crippen LogP contribution in [0.4, 0.5) is 9.18 Å². The zero-order valence-electron chi connectivity index (χ0n) is 23.1.